The van der Waals surface area contributed by atoms with Crippen molar-refractivity contribution in [2.45, 2.75) is 26.7 Å². The van der Waals surface area contributed by atoms with Crippen LogP contribution in [0.2, 0.25) is 0 Å². The first-order chi connectivity index (χ1) is 14.5. The summed E-state index contributed by atoms with van der Waals surface area (Å²) in [7, 11) is 0. The van der Waals surface area contributed by atoms with Crippen molar-refractivity contribution in [3.05, 3.63) is 88.8 Å². The average Bonchev–Trinajstić information content (AvgIpc) is 3.32. The number of benzene rings is 2. The van der Waals surface area contributed by atoms with Crippen LogP contribution in [0.15, 0.2) is 66.0 Å². The van der Waals surface area contributed by atoms with Crippen molar-refractivity contribution >= 4 is 22.4 Å². The van der Waals surface area contributed by atoms with Gasteiger partial charge in [0.1, 0.15) is 5.82 Å². The molecule has 6 heteroatoms. The molecule has 0 saturated carbocycles. The van der Waals surface area contributed by atoms with Gasteiger partial charge in [-0.15, -0.1) is 11.3 Å². The molecule has 4 nitrogen and oxygen atoms in total. The molecule has 2 aromatic carbocycles. The number of nitrogens with zero attached hydrogens (tertiary/aromatic N) is 2. The number of hydrogen-bond donors (Lipinski definition) is 1. The lowest BCUT2D eigenvalue weighted by atomic mass is 10.1. The zero-order valence-electron chi connectivity index (χ0n) is 16.9. The van der Waals surface area contributed by atoms with Gasteiger partial charge in [-0.1, -0.05) is 30.3 Å². The number of carbonyl (C=O) groups excluding carboxylic acids is 1. The second-order valence-electron chi connectivity index (χ2n) is 7.17. The standard InChI is InChI=1S/C24H22FN3OS/c1-16-14-21(17(2)28(16)20-11-9-19(25)10-12-20)22-15-30-24(26-22)27-23(29)13-8-18-6-4-3-5-7-18/h3-7,9-12,14-15H,8,13H2,1-2H3,(H,26,27,29). The van der Waals surface area contributed by atoms with E-state index in [0.717, 1.165) is 33.9 Å². The summed E-state index contributed by atoms with van der Waals surface area (Å²) in [5.41, 5.74) is 5.92. The van der Waals surface area contributed by atoms with Crippen molar-refractivity contribution in [1.82, 2.24) is 9.55 Å². The number of anilines is 1. The van der Waals surface area contributed by atoms with Crippen LogP contribution in [-0.4, -0.2) is 15.5 Å². The Morgan fingerprint density at radius 2 is 1.83 bits per heavy atom. The summed E-state index contributed by atoms with van der Waals surface area (Å²) in [4.78, 5) is 16.9. The van der Waals surface area contributed by atoms with Gasteiger partial charge in [-0.3, -0.25) is 4.79 Å². The van der Waals surface area contributed by atoms with E-state index in [1.807, 2.05) is 49.6 Å². The normalized spacial score (nSPS) is 10.9. The van der Waals surface area contributed by atoms with Gasteiger partial charge in [0.25, 0.3) is 0 Å². The minimum atomic E-state index is -0.256. The van der Waals surface area contributed by atoms with Gasteiger partial charge >= 0.3 is 0 Å². The lowest BCUT2D eigenvalue weighted by molar-refractivity contribution is -0.116. The SMILES string of the molecule is Cc1cc(-c2csc(NC(=O)CCc3ccccc3)n2)c(C)n1-c1ccc(F)cc1. The molecule has 30 heavy (non-hydrogen) atoms. The Bertz CT molecular complexity index is 1160. The van der Waals surface area contributed by atoms with E-state index in [0.29, 0.717) is 18.0 Å². The number of halogens is 1. The van der Waals surface area contributed by atoms with Crippen LogP contribution in [0.4, 0.5) is 9.52 Å². The van der Waals surface area contributed by atoms with Crippen LogP contribution in [0.1, 0.15) is 23.4 Å². The first-order valence-electron chi connectivity index (χ1n) is 9.76. The summed E-state index contributed by atoms with van der Waals surface area (Å²) in [6.45, 7) is 4.03. The Hall–Kier alpha value is -3.25. The fourth-order valence-electron chi connectivity index (χ4n) is 3.55. The molecule has 0 aliphatic carbocycles. The Balaban J connectivity index is 1.48. The molecule has 0 radical (unpaired) electrons. The second kappa shape index (κ2) is 8.63. The first-order valence-corrected chi connectivity index (χ1v) is 10.6. The molecule has 0 fully saturated rings. The van der Waals surface area contributed by atoms with E-state index in [9.17, 15) is 9.18 Å². The van der Waals surface area contributed by atoms with Crippen molar-refractivity contribution in [2.75, 3.05) is 5.32 Å². The number of nitrogens with one attached hydrogen (secondary N) is 1. The number of amides is 1. The summed E-state index contributed by atoms with van der Waals surface area (Å²) in [6, 6.07) is 18.5. The summed E-state index contributed by atoms with van der Waals surface area (Å²) in [5, 5.41) is 5.44. The van der Waals surface area contributed by atoms with Crippen LogP contribution < -0.4 is 5.32 Å². The number of thiazole rings is 1. The molecule has 1 N–H and O–H groups in total. The van der Waals surface area contributed by atoms with Crippen LogP contribution >= 0.6 is 11.3 Å². The van der Waals surface area contributed by atoms with E-state index < -0.39 is 0 Å². The number of aromatic nitrogens is 2. The molecule has 1 amide bonds. The molecule has 4 rings (SSSR count). The fraction of sp³-hybridized carbons (Fsp3) is 0.167. The van der Waals surface area contributed by atoms with Crippen LogP contribution in [0.25, 0.3) is 16.9 Å². The maximum atomic E-state index is 13.3. The minimum absolute atomic E-state index is 0.0449. The third-order valence-corrected chi connectivity index (χ3v) is 5.78. The highest BCUT2D eigenvalue weighted by molar-refractivity contribution is 7.14. The average molecular weight is 420 g/mol. The molecule has 152 valence electrons. The fourth-order valence-corrected chi connectivity index (χ4v) is 4.28. The van der Waals surface area contributed by atoms with Crippen LogP contribution in [-0.2, 0) is 11.2 Å². The lowest BCUT2D eigenvalue weighted by Crippen LogP contribution is -2.12. The monoisotopic (exact) mass is 419 g/mol. The van der Waals surface area contributed by atoms with Crippen molar-refractivity contribution in [3.63, 3.8) is 0 Å². The summed E-state index contributed by atoms with van der Waals surface area (Å²) in [6.07, 6.45) is 1.11. The third-order valence-electron chi connectivity index (χ3n) is 5.03. The van der Waals surface area contributed by atoms with E-state index in [1.165, 1.54) is 23.5 Å². The van der Waals surface area contributed by atoms with Gasteiger partial charge in [0.15, 0.2) is 5.13 Å². The predicted octanol–water partition coefficient (Wildman–Crippen LogP) is 5.93. The molecule has 2 aromatic heterocycles. The van der Waals surface area contributed by atoms with Crippen LogP contribution in [0, 0.1) is 19.7 Å². The predicted molar refractivity (Wildman–Crippen MR) is 120 cm³/mol. The Morgan fingerprint density at radius 3 is 2.57 bits per heavy atom. The second-order valence-corrected chi connectivity index (χ2v) is 8.03. The molecule has 0 aliphatic heterocycles. The van der Waals surface area contributed by atoms with Gasteiger partial charge in [0, 0.05) is 34.4 Å². The van der Waals surface area contributed by atoms with Crippen molar-refractivity contribution in [2.24, 2.45) is 0 Å². The topological polar surface area (TPSA) is 46.9 Å². The molecular formula is C24H22FN3OS. The molecule has 0 unspecified atom stereocenters. The van der Waals surface area contributed by atoms with Crippen molar-refractivity contribution in [3.8, 4) is 16.9 Å². The van der Waals surface area contributed by atoms with Gasteiger partial charge in [-0.2, -0.15) is 0 Å². The van der Waals surface area contributed by atoms with E-state index >= 15 is 0 Å². The van der Waals surface area contributed by atoms with E-state index in [-0.39, 0.29) is 11.7 Å². The number of aryl methyl sites for hydroxylation is 2. The molecule has 0 bridgehead atoms. The van der Waals surface area contributed by atoms with Gasteiger partial charge in [0.2, 0.25) is 5.91 Å². The molecule has 0 spiro atoms. The maximum Gasteiger partial charge on any atom is 0.226 e. The molecule has 0 saturated heterocycles. The minimum Gasteiger partial charge on any atom is -0.318 e. The molecule has 2 heterocycles. The first kappa shape index (κ1) is 20.0. The summed E-state index contributed by atoms with van der Waals surface area (Å²) >= 11 is 1.41. The van der Waals surface area contributed by atoms with E-state index in [1.54, 1.807) is 12.1 Å². The molecule has 0 aliphatic rings. The zero-order valence-corrected chi connectivity index (χ0v) is 17.7. The molecule has 4 aromatic rings. The zero-order chi connectivity index (χ0) is 21.1. The highest BCUT2D eigenvalue weighted by Gasteiger charge is 2.15. The van der Waals surface area contributed by atoms with Crippen LogP contribution in [0.5, 0.6) is 0 Å². The van der Waals surface area contributed by atoms with Gasteiger partial charge < -0.3 is 9.88 Å². The Kier molecular flexibility index (Phi) is 5.77. The molecule has 0 atom stereocenters. The van der Waals surface area contributed by atoms with Crippen LogP contribution in [0.3, 0.4) is 0 Å². The maximum absolute atomic E-state index is 13.3. The van der Waals surface area contributed by atoms with Gasteiger partial charge in [-0.25, -0.2) is 9.37 Å². The molecular weight excluding hydrogens is 397 g/mol. The summed E-state index contributed by atoms with van der Waals surface area (Å²) in [5.74, 6) is -0.301. The largest absolute Gasteiger partial charge is 0.318 e. The highest BCUT2D eigenvalue weighted by Crippen LogP contribution is 2.31. The highest BCUT2D eigenvalue weighted by atomic mass is 32.1. The number of hydrogen-bond acceptors (Lipinski definition) is 3. The number of rotatable bonds is 6. The Morgan fingerprint density at radius 1 is 1.10 bits per heavy atom. The quantitative estimate of drug-likeness (QED) is 0.421. The lowest BCUT2D eigenvalue weighted by Gasteiger charge is -2.09. The van der Waals surface area contributed by atoms with Crippen molar-refractivity contribution in [1.29, 1.82) is 0 Å². The number of carbonyl (C=O) groups is 1. The van der Waals surface area contributed by atoms with E-state index in [4.69, 9.17) is 0 Å². The summed E-state index contributed by atoms with van der Waals surface area (Å²) < 4.78 is 15.4. The third kappa shape index (κ3) is 4.33. The van der Waals surface area contributed by atoms with Gasteiger partial charge in [0.05, 0.1) is 5.69 Å². The van der Waals surface area contributed by atoms with Crippen molar-refractivity contribution < 1.29 is 9.18 Å². The Labute approximate surface area is 179 Å². The smallest absolute Gasteiger partial charge is 0.226 e. The van der Waals surface area contributed by atoms with Gasteiger partial charge in [-0.05, 0) is 56.2 Å². The van der Waals surface area contributed by atoms with E-state index in [2.05, 4.69) is 20.9 Å².